The van der Waals surface area contributed by atoms with E-state index in [0.717, 1.165) is 6.54 Å². The average molecular weight is 308 g/mol. The van der Waals surface area contributed by atoms with Gasteiger partial charge in [-0.25, -0.2) is 4.39 Å². The van der Waals surface area contributed by atoms with Crippen LogP contribution in [-0.4, -0.2) is 70.9 Å². The van der Waals surface area contributed by atoms with Crippen LogP contribution in [0, 0.1) is 0 Å². The Labute approximate surface area is 126 Å². The number of ether oxygens (including phenoxy) is 3. The molecular formula is C14H29FN2O4. The number of carbonyl (C=O) groups is 1. The smallest absolute Gasteiger partial charge is 0.216 e. The van der Waals surface area contributed by atoms with Crippen LogP contribution in [0.25, 0.3) is 0 Å². The van der Waals surface area contributed by atoms with Crippen molar-refractivity contribution in [1.82, 2.24) is 10.6 Å². The second-order valence-corrected chi connectivity index (χ2v) is 5.18. The third-order valence-corrected chi connectivity index (χ3v) is 2.85. The van der Waals surface area contributed by atoms with Gasteiger partial charge in [0.25, 0.3) is 0 Å². The largest absolute Gasteiger partial charge is 0.378 e. The van der Waals surface area contributed by atoms with E-state index in [1.807, 2.05) is 7.05 Å². The molecule has 21 heavy (non-hydrogen) atoms. The fraction of sp³-hybridized carbons (Fsp3) is 0.929. The van der Waals surface area contributed by atoms with Crippen LogP contribution >= 0.6 is 0 Å². The molecule has 1 unspecified atom stereocenters. The zero-order chi connectivity index (χ0) is 16.1. The number of halogens is 1. The van der Waals surface area contributed by atoms with Gasteiger partial charge in [-0.3, -0.25) is 4.79 Å². The van der Waals surface area contributed by atoms with Crippen molar-refractivity contribution < 1.29 is 23.4 Å². The number of likely N-dealkylation sites (N-methyl/N-ethyl adjacent to an activating group) is 1. The second kappa shape index (κ2) is 11.9. The fourth-order valence-electron chi connectivity index (χ4n) is 1.43. The molecule has 0 radical (unpaired) electrons. The number of rotatable bonds is 13. The first-order valence-corrected chi connectivity index (χ1v) is 7.22. The van der Waals surface area contributed by atoms with E-state index >= 15 is 0 Å². The van der Waals surface area contributed by atoms with Crippen molar-refractivity contribution in [3.8, 4) is 0 Å². The van der Waals surface area contributed by atoms with Gasteiger partial charge in [-0.15, -0.1) is 0 Å². The molecule has 1 amide bonds. The van der Waals surface area contributed by atoms with E-state index in [1.54, 1.807) is 13.8 Å². The quantitative estimate of drug-likeness (QED) is 0.485. The molecule has 7 heteroatoms. The summed E-state index contributed by atoms with van der Waals surface area (Å²) < 4.78 is 30.0. The van der Waals surface area contributed by atoms with Crippen LogP contribution in [0.3, 0.4) is 0 Å². The van der Waals surface area contributed by atoms with E-state index in [-0.39, 0.29) is 12.5 Å². The molecule has 0 aromatic rings. The number of hydrogen-bond acceptors (Lipinski definition) is 5. The van der Waals surface area contributed by atoms with E-state index in [1.165, 1.54) is 6.92 Å². The molecule has 0 spiro atoms. The minimum absolute atomic E-state index is 0.0531. The Morgan fingerprint density at radius 3 is 2.29 bits per heavy atom. The zero-order valence-electron chi connectivity index (χ0n) is 13.5. The maximum atomic E-state index is 13.9. The molecule has 0 fully saturated rings. The van der Waals surface area contributed by atoms with Crippen LogP contribution in [0.4, 0.5) is 4.39 Å². The maximum absolute atomic E-state index is 13.9. The van der Waals surface area contributed by atoms with Gasteiger partial charge >= 0.3 is 0 Å². The highest BCUT2D eigenvalue weighted by Gasteiger charge is 2.30. The van der Waals surface area contributed by atoms with Gasteiger partial charge < -0.3 is 24.8 Å². The van der Waals surface area contributed by atoms with Crippen molar-refractivity contribution in [3.63, 3.8) is 0 Å². The topological polar surface area (TPSA) is 68.8 Å². The minimum Gasteiger partial charge on any atom is -0.378 e. The van der Waals surface area contributed by atoms with Gasteiger partial charge in [0.1, 0.15) is 6.17 Å². The van der Waals surface area contributed by atoms with Gasteiger partial charge in [0, 0.05) is 13.5 Å². The van der Waals surface area contributed by atoms with Crippen molar-refractivity contribution in [2.75, 3.05) is 53.2 Å². The number of hydrogen-bond donors (Lipinski definition) is 2. The highest BCUT2D eigenvalue weighted by Crippen LogP contribution is 2.17. The zero-order valence-corrected chi connectivity index (χ0v) is 13.5. The molecule has 0 saturated carbocycles. The highest BCUT2D eigenvalue weighted by atomic mass is 19.1. The van der Waals surface area contributed by atoms with Crippen LogP contribution in [0.15, 0.2) is 0 Å². The molecule has 0 aliphatic heterocycles. The molecule has 0 aromatic heterocycles. The van der Waals surface area contributed by atoms with Gasteiger partial charge in [-0.2, -0.15) is 0 Å². The Morgan fingerprint density at radius 1 is 1.14 bits per heavy atom. The third kappa shape index (κ3) is 11.6. The summed E-state index contributed by atoms with van der Waals surface area (Å²) in [6.07, 6.45) is -1.27. The molecule has 0 aliphatic rings. The Bertz CT molecular complexity index is 278. The molecule has 0 bridgehead atoms. The average Bonchev–Trinajstić information content (AvgIpc) is 2.42. The molecule has 1 atom stereocenters. The Hall–Kier alpha value is -0.760. The van der Waals surface area contributed by atoms with Crippen molar-refractivity contribution in [2.45, 2.75) is 32.5 Å². The SMILES string of the molecule is CNCCOCCOCCOC(C)(C)C(F)CNC(C)=O. The van der Waals surface area contributed by atoms with Crippen molar-refractivity contribution in [3.05, 3.63) is 0 Å². The predicted molar refractivity (Wildman–Crippen MR) is 79.2 cm³/mol. The standard InChI is InChI=1S/C14H29FN2O4/c1-12(18)17-11-13(15)14(2,3)21-10-9-20-8-7-19-6-5-16-4/h13,16H,5-11H2,1-4H3,(H,17,18). The summed E-state index contributed by atoms with van der Waals surface area (Å²) in [5.74, 6) is -0.255. The molecule has 0 rings (SSSR count). The number of alkyl halides is 1. The van der Waals surface area contributed by atoms with Crippen LogP contribution in [0.5, 0.6) is 0 Å². The van der Waals surface area contributed by atoms with E-state index in [9.17, 15) is 9.18 Å². The predicted octanol–water partition coefficient (Wildman–Crippen LogP) is 0.508. The molecule has 0 saturated heterocycles. The number of nitrogens with one attached hydrogen (secondary N) is 2. The van der Waals surface area contributed by atoms with Crippen LogP contribution in [-0.2, 0) is 19.0 Å². The van der Waals surface area contributed by atoms with Gasteiger partial charge in [-0.1, -0.05) is 0 Å². The highest BCUT2D eigenvalue weighted by molar-refractivity contribution is 5.72. The van der Waals surface area contributed by atoms with Crippen LogP contribution < -0.4 is 10.6 Å². The number of carbonyl (C=O) groups excluding carboxylic acids is 1. The minimum atomic E-state index is -1.27. The lowest BCUT2D eigenvalue weighted by Crippen LogP contribution is -2.44. The van der Waals surface area contributed by atoms with Gasteiger partial charge in [0.15, 0.2) is 0 Å². The summed E-state index contributed by atoms with van der Waals surface area (Å²) in [6.45, 7) is 7.75. The van der Waals surface area contributed by atoms with E-state index < -0.39 is 11.8 Å². The lowest BCUT2D eigenvalue weighted by atomic mass is 10.0. The third-order valence-electron chi connectivity index (χ3n) is 2.85. The first-order valence-electron chi connectivity index (χ1n) is 7.22. The summed E-state index contributed by atoms with van der Waals surface area (Å²) in [5.41, 5.74) is -0.963. The lowest BCUT2D eigenvalue weighted by molar-refractivity contribution is -0.120. The van der Waals surface area contributed by atoms with E-state index in [4.69, 9.17) is 14.2 Å². The number of amides is 1. The van der Waals surface area contributed by atoms with E-state index in [2.05, 4.69) is 10.6 Å². The van der Waals surface area contributed by atoms with E-state index in [0.29, 0.717) is 33.0 Å². The molecule has 6 nitrogen and oxygen atoms in total. The summed E-state index contributed by atoms with van der Waals surface area (Å²) in [4.78, 5) is 10.7. The maximum Gasteiger partial charge on any atom is 0.216 e. The molecule has 0 heterocycles. The summed E-state index contributed by atoms with van der Waals surface area (Å²) in [7, 11) is 1.86. The summed E-state index contributed by atoms with van der Waals surface area (Å²) >= 11 is 0. The first-order chi connectivity index (χ1) is 9.90. The monoisotopic (exact) mass is 308 g/mol. The summed E-state index contributed by atoms with van der Waals surface area (Å²) in [5, 5.41) is 5.42. The van der Waals surface area contributed by atoms with Crippen molar-refractivity contribution in [2.24, 2.45) is 0 Å². The molecule has 0 aromatic carbocycles. The van der Waals surface area contributed by atoms with Crippen LogP contribution in [0.1, 0.15) is 20.8 Å². The normalized spacial score (nSPS) is 13.2. The van der Waals surface area contributed by atoms with Crippen molar-refractivity contribution >= 4 is 5.91 Å². The molecular weight excluding hydrogens is 279 g/mol. The van der Waals surface area contributed by atoms with Gasteiger partial charge in [-0.05, 0) is 20.9 Å². The second-order valence-electron chi connectivity index (χ2n) is 5.18. The Morgan fingerprint density at radius 2 is 1.71 bits per heavy atom. The molecule has 0 aliphatic carbocycles. The van der Waals surface area contributed by atoms with Crippen LogP contribution in [0.2, 0.25) is 0 Å². The first kappa shape index (κ1) is 20.2. The Kier molecular flexibility index (Phi) is 11.4. The Balaban J connectivity index is 3.58. The molecule has 2 N–H and O–H groups in total. The lowest BCUT2D eigenvalue weighted by Gasteiger charge is -2.29. The van der Waals surface area contributed by atoms with Crippen molar-refractivity contribution in [1.29, 1.82) is 0 Å². The summed E-state index contributed by atoms with van der Waals surface area (Å²) in [6, 6.07) is 0. The van der Waals surface area contributed by atoms with Gasteiger partial charge in [0.05, 0.1) is 45.2 Å². The van der Waals surface area contributed by atoms with Gasteiger partial charge in [0.2, 0.25) is 5.91 Å². The molecule has 126 valence electrons. The fourth-order valence-corrected chi connectivity index (χ4v) is 1.43.